The van der Waals surface area contributed by atoms with Gasteiger partial charge in [0.15, 0.2) is 17.3 Å². The van der Waals surface area contributed by atoms with E-state index >= 15 is 0 Å². The van der Waals surface area contributed by atoms with E-state index in [1.807, 2.05) is 18.2 Å². The van der Waals surface area contributed by atoms with E-state index in [0.29, 0.717) is 31.9 Å². The Kier molecular flexibility index (Phi) is 6.51. The molecule has 0 bridgehead atoms. The lowest BCUT2D eigenvalue weighted by atomic mass is 10.2. The van der Waals surface area contributed by atoms with E-state index in [9.17, 15) is 9.90 Å². The van der Waals surface area contributed by atoms with Crippen molar-refractivity contribution in [3.05, 3.63) is 57.6 Å². The van der Waals surface area contributed by atoms with E-state index in [-0.39, 0.29) is 23.8 Å². The van der Waals surface area contributed by atoms with Gasteiger partial charge in [-0.2, -0.15) is 0 Å². The fraction of sp³-hybridized carbons (Fsp3) is 0.190. The smallest absolute Gasteiger partial charge is 0.203 e. The molecule has 29 heavy (non-hydrogen) atoms. The Morgan fingerprint density at radius 1 is 1.28 bits per heavy atom. The van der Waals surface area contributed by atoms with Crippen molar-refractivity contribution in [2.75, 3.05) is 20.8 Å². The molecule has 0 atom stereocenters. The highest BCUT2D eigenvalue weighted by atomic mass is 35.5. The van der Waals surface area contributed by atoms with Crippen LogP contribution in [0.5, 0.6) is 17.2 Å². The molecule has 0 saturated carbocycles. The summed E-state index contributed by atoms with van der Waals surface area (Å²) in [6, 6.07) is 10.5. The number of aryl methyl sites for hydroxylation is 1. The van der Waals surface area contributed by atoms with E-state index in [2.05, 4.69) is 9.98 Å². The zero-order valence-electron chi connectivity index (χ0n) is 16.1. The summed E-state index contributed by atoms with van der Waals surface area (Å²) in [5.41, 5.74) is 2.03. The van der Waals surface area contributed by atoms with Crippen molar-refractivity contribution in [1.82, 2.24) is 4.98 Å². The summed E-state index contributed by atoms with van der Waals surface area (Å²) >= 11 is 7.53. The minimum atomic E-state index is -0.140. The minimum absolute atomic E-state index is 0.0416. The lowest BCUT2D eigenvalue weighted by molar-refractivity contribution is 0.100. The molecule has 0 amide bonds. The van der Waals surface area contributed by atoms with Gasteiger partial charge >= 0.3 is 0 Å². The number of carbonyl (C=O) groups is 1. The number of phenols is 1. The topological polar surface area (TPSA) is 81.0 Å². The molecule has 1 N–H and O–H groups in total. The van der Waals surface area contributed by atoms with Gasteiger partial charge in [-0.05, 0) is 30.7 Å². The molecule has 0 fully saturated rings. The van der Waals surface area contributed by atoms with Crippen LogP contribution in [0.15, 0.2) is 41.4 Å². The Morgan fingerprint density at radius 2 is 2.03 bits per heavy atom. The predicted molar refractivity (Wildman–Crippen MR) is 115 cm³/mol. The van der Waals surface area contributed by atoms with Gasteiger partial charge in [0, 0.05) is 11.8 Å². The Morgan fingerprint density at radius 3 is 2.72 bits per heavy atom. The lowest BCUT2D eigenvalue weighted by Gasteiger charge is -2.09. The van der Waals surface area contributed by atoms with Gasteiger partial charge in [0.2, 0.25) is 5.75 Å². The third-order valence-corrected chi connectivity index (χ3v) is 5.67. The molecule has 0 spiro atoms. The number of methoxy groups -OCH3 is 2. The molecule has 0 aliphatic carbocycles. The lowest BCUT2D eigenvalue weighted by Crippen LogP contribution is -2.03. The molecule has 6 nitrogen and oxygen atoms in total. The third kappa shape index (κ3) is 4.58. The molecule has 0 aliphatic rings. The molecule has 3 rings (SSSR count). The number of thiazole rings is 1. The van der Waals surface area contributed by atoms with Gasteiger partial charge in [0.05, 0.1) is 29.8 Å². The summed E-state index contributed by atoms with van der Waals surface area (Å²) in [5, 5.41) is 11.3. The van der Waals surface area contributed by atoms with E-state index in [0.717, 1.165) is 5.56 Å². The molecule has 3 aromatic rings. The second-order valence-corrected chi connectivity index (χ2v) is 7.49. The summed E-state index contributed by atoms with van der Waals surface area (Å²) in [7, 11) is 2.92. The van der Waals surface area contributed by atoms with Crippen LogP contribution in [0, 0.1) is 6.92 Å². The van der Waals surface area contributed by atoms with Crippen LogP contribution < -0.4 is 9.47 Å². The second kappa shape index (κ2) is 9.07. The highest BCUT2D eigenvalue weighted by Crippen LogP contribution is 2.37. The van der Waals surface area contributed by atoms with E-state index in [4.69, 9.17) is 21.1 Å². The van der Waals surface area contributed by atoms with E-state index in [1.54, 1.807) is 19.1 Å². The van der Waals surface area contributed by atoms with Crippen molar-refractivity contribution in [1.29, 1.82) is 0 Å². The van der Waals surface area contributed by atoms with Crippen molar-refractivity contribution in [2.24, 2.45) is 4.99 Å². The first-order valence-electron chi connectivity index (χ1n) is 8.65. The molecule has 1 aromatic heterocycles. The fourth-order valence-corrected chi connectivity index (χ4v) is 4.07. The normalized spacial score (nSPS) is 11.0. The average molecular weight is 431 g/mol. The summed E-state index contributed by atoms with van der Waals surface area (Å²) in [4.78, 5) is 21.8. The Hall–Kier alpha value is -2.90. The second-order valence-electron chi connectivity index (χ2n) is 6.08. The van der Waals surface area contributed by atoms with Crippen LogP contribution in [-0.4, -0.2) is 42.9 Å². The third-order valence-electron chi connectivity index (χ3n) is 4.11. The predicted octanol–water partition coefficient (Wildman–Crippen LogP) is 4.80. The highest BCUT2D eigenvalue weighted by molar-refractivity contribution is 7.17. The number of Topliss-reactive ketones (excluding diaryl/α,β-unsaturated/α-hetero) is 1. The molecule has 1 heterocycles. The van der Waals surface area contributed by atoms with Crippen LogP contribution in [0.2, 0.25) is 5.02 Å². The Bertz CT molecular complexity index is 1080. The number of hydrogen-bond acceptors (Lipinski definition) is 7. The number of aromatic hydroxyl groups is 1. The van der Waals surface area contributed by atoms with Crippen LogP contribution >= 0.6 is 22.9 Å². The molecule has 0 radical (unpaired) electrons. The van der Waals surface area contributed by atoms with Gasteiger partial charge in [0.25, 0.3) is 0 Å². The van der Waals surface area contributed by atoms with Crippen molar-refractivity contribution < 1.29 is 19.4 Å². The highest BCUT2D eigenvalue weighted by Gasteiger charge is 2.17. The number of aliphatic imine (C=N–C) groups is 1. The summed E-state index contributed by atoms with van der Waals surface area (Å²) in [6.45, 7) is 1.75. The van der Waals surface area contributed by atoms with Gasteiger partial charge in [-0.15, -0.1) is 11.3 Å². The Labute approximate surface area is 177 Å². The number of benzene rings is 2. The average Bonchev–Trinajstić information content (AvgIpc) is 3.09. The molecule has 0 unspecified atom stereocenters. The number of rotatable bonds is 7. The van der Waals surface area contributed by atoms with Gasteiger partial charge in [-0.25, -0.2) is 4.98 Å². The number of aromatic nitrogens is 1. The molecular weight excluding hydrogens is 412 g/mol. The quantitative estimate of drug-likeness (QED) is 0.430. The summed E-state index contributed by atoms with van der Waals surface area (Å²) in [5.74, 6) is 0.414. The van der Waals surface area contributed by atoms with Gasteiger partial charge in [-0.1, -0.05) is 29.8 Å². The number of ketones is 1. The van der Waals surface area contributed by atoms with Gasteiger partial charge in [0.1, 0.15) is 11.6 Å². The Balaban J connectivity index is 1.76. The molecule has 150 valence electrons. The van der Waals surface area contributed by atoms with Crippen LogP contribution in [0.4, 0.5) is 0 Å². The number of hydrogen-bond donors (Lipinski definition) is 1. The number of halogens is 1. The maximum Gasteiger partial charge on any atom is 0.203 e. The first-order chi connectivity index (χ1) is 13.9. The van der Waals surface area contributed by atoms with Crippen LogP contribution in [0.1, 0.15) is 20.9 Å². The van der Waals surface area contributed by atoms with Crippen LogP contribution in [-0.2, 0) is 0 Å². The summed E-state index contributed by atoms with van der Waals surface area (Å²) < 4.78 is 10.3. The van der Waals surface area contributed by atoms with Crippen molar-refractivity contribution in [2.45, 2.75) is 6.92 Å². The van der Waals surface area contributed by atoms with Crippen molar-refractivity contribution in [3.63, 3.8) is 0 Å². The zero-order valence-corrected chi connectivity index (χ0v) is 17.7. The van der Waals surface area contributed by atoms with Gasteiger partial charge < -0.3 is 14.6 Å². The molecule has 0 aliphatic heterocycles. The number of nitrogens with zero attached hydrogens (tertiary/aromatic N) is 2. The molecular formula is C21H19ClN2O4S. The SMILES string of the molecule is COc1cc(C=NCC(=O)c2sc(-c3ccccc3Cl)nc2C)cc(O)c1OC. The minimum Gasteiger partial charge on any atom is -0.504 e. The van der Waals surface area contributed by atoms with E-state index in [1.165, 1.54) is 37.8 Å². The maximum atomic E-state index is 12.6. The van der Waals surface area contributed by atoms with Gasteiger partial charge in [-0.3, -0.25) is 9.79 Å². The summed E-state index contributed by atoms with van der Waals surface area (Å²) in [6.07, 6.45) is 1.50. The number of phenolic OH excluding ortho intramolecular Hbond substituents is 1. The van der Waals surface area contributed by atoms with Crippen LogP contribution in [0.3, 0.4) is 0 Å². The monoisotopic (exact) mass is 430 g/mol. The molecule has 8 heteroatoms. The molecule has 0 saturated heterocycles. The molecule has 2 aromatic carbocycles. The first kappa shape index (κ1) is 20.8. The number of ether oxygens (including phenoxy) is 2. The largest absolute Gasteiger partial charge is 0.504 e. The number of carbonyl (C=O) groups excluding carboxylic acids is 1. The fourth-order valence-electron chi connectivity index (χ4n) is 2.75. The van der Waals surface area contributed by atoms with E-state index < -0.39 is 0 Å². The zero-order chi connectivity index (χ0) is 21.0. The van der Waals surface area contributed by atoms with Crippen LogP contribution in [0.25, 0.3) is 10.6 Å². The first-order valence-corrected chi connectivity index (χ1v) is 9.84. The van der Waals surface area contributed by atoms with Crippen molar-refractivity contribution in [3.8, 4) is 27.8 Å². The maximum absolute atomic E-state index is 12.6. The standard InChI is InChI=1S/C21H19ClN2O4S/c1-12-20(29-21(24-12)14-6-4-5-7-15(14)22)17(26)11-23-10-13-8-16(25)19(28-3)18(9-13)27-2/h4-10,25H,11H2,1-3H3. The van der Waals surface area contributed by atoms with Crippen molar-refractivity contribution >= 4 is 34.9 Å².